The Morgan fingerprint density at radius 3 is 1.36 bits per heavy atom. The number of nitrogens with zero attached hydrogens (tertiary/aromatic N) is 2. The Hall–Kier alpha value is -1.96. The molecule has 0 unspecified atom stereocenters. The van der Waals surface area contributed by atoms with E-state index in [1.165, 1.54) is 182 Å². The fourth-order valence-corrected chi connectivity index (χ4v) is 7.35. The quantitative estimate of drug-likeness (QED) is 0.0714. The maximum absolute atomic E-state index is 5.70. The van der Waals surface area contributed by atoms with Gasteiger partial charge in [-0.15, -0.1) is 0 Å². The van der Waals surface area contributed by atoms with Gasteiger partial charge in [0.1, 0.15) is 0 Å². The fourth-order valence-electron chi connectivity index (χ4n) is 7.35. The highest BCUT2D eigenvalue weighted by atomic mass is 14.8. The van der Waals surface area contributed by atoms with Crippen molar-refractivity contribution in [2.24, 2.45) is 0 Å². The first kappa shape index (κ1) is 36.5. The minimum atomic E-state index is 1.12. The topological polar surface area (TPSA) is 25.8 Å². The van der Waals surface area contributed by atoms with Crippen LogP contribution in [-0.4, -0.2) is 9.97 Å². The van der Waals surface area contributed by atoms with Gasteiger partial charge in [0.15, 0.2) is 0 Å². The van der Waals surface area contributed by atoms with Crippen molar-refractivity contribution in [3.8, 4) is 0 Å². The van der Waals surface area contributed by atoms with Crippen LogP contribution in [0.4, 0.5) is 0 Å². The molecule has 44 heavy (non-hydrogen) atoms. The van der Waals surface area contributed by atoms with Gasteiger partial charge in [-0.05, 0) is 92.5 Å². The number of hydrogen-bond acceptors (Lipinski definition) is 2. The molecule has 2 heterocycles. The van der Waals surface area contributed by atoms with E-state index < -0.39 is 0 Å². The van der Waals surface area contributed by atoms with Gasteiger partial charge in [-0.2, -0.15) is 0 Å². The molecule has 0 aliphatic rings. The van der Waals surface area contributed by atoms with Gasteiger partial charge in [0.05, 0.1) is 11.0 Å². The van der Waals surface area contributed by atoms with Crippen molar-refractivity contribution in [3.05, 3.63) is 46.3 Å². The number of fused-ring (bicyclic) bond motifs is 3. The highest BCUT2D eigenvalue weighted by molar-refractivity contribution is 6.08. The molecular formula is C42H68N2. The molecule has 0 spiro atoms. The number of unbranched alkanes of at least 4 members (excludes halogenated alkanes) is 15. The Morgan fingerprint density at radius 1 is 0.432 bits per heavy atom. The largest absolute Gasteiger partial charge is 0.254 e. The summed E-state index contributed by atoms with van der Waals surface area (Å²) in [5.41, 5.74) is 10.4. The van der Waals surface area contributed by atoms with Crippen LogP contribution < -0.4 is 0 Å². The average Bonchev–Trinajstić information content (AvgIpc) is 3.04. The molecule has 0 N–H and O–H groups in total. The molecule has 0 radical (unpaired) electrons. The van der Waals surface area contributed by atoms with Gasteiger partial charge in [-0.25, -0.2) is 0 Å². The van der Waals surface area contributed by atoms with Crippen molar-refractivity contribution in [2.45, 2.75) is 195 Å². The number of aromatic nitrogens is 2. The van der Waals surface area contributed by atoms with Gasteiger partial charge in [-0.1, -0.05) is 137 Å². The summed E-state index contributed by atoms with van der Waals surface area (Å²) in [6.07, 6.45) is 34.2. The van der Waals surface area contributed by atoms with Gasteiger partial charge in [0, 0.05) is 22.7 Å². The molecule has 246 valence electrons. The van der Waals surface area contributed by atoms with Crippen LogP contribution in [-0.2, 0) is 32.1 Å². The minimum Gasteiger partial charge on any atom is -0.254 e. The second-order valence-corrected chi connectivity index (χ2v) is 13.6. The Morgan fingerprint density at radius 2 is 0.864 bits per heavy atom. The first-order chi connectivity index (χ1) is 21.7. The summed E-state index contributed by atoms with van der Waals surface area (Å²) in [6, 6.07) is 4.54. The lowest BCUT2D eigenvalue weighted by molar-refractivity contribution is 0.635. The molecule has 2 nitrogen and oxygen atoms in total. The van der Waals surface area contributed by atoms with E-state index in [1.807, 2.05) is 6.20 Å². The highest BCUT2D eigenvalue weighted by Gasteiger charge is 2.23. The second-order valence-electron chi connectivity index (χ2n) is 13.6. The lowest BCUT2D eigenvalue weighted by Gasteiger charge is -2.24. The van der Waals surface area contributed by atoms with Gasteiger partial charge in [-0.3, -0.25) is 9.97 Å². The van der Waals surface area contributed by atoms with E-state index in [1.54, 1.807) is 22.3 Å². The van der Waals surface area contributed by atoms with E-state index in [0.717, 1.165) is 6.42 Å². The van der Waals surface area contributed by atoms with Crippen LogP contribution in [0, 0.1) is 0 Å². The fraction of sp³-hybridized carbons (Fsp3) is 0.714. The lowest BCUT2D eigenvalue weighted by Crippen LogP contribution is -2.10. The highest BCUT2D eigenvalue weighted by Crippen LogP contribution is 2.39. The molecule has 3 rings (SSSR count). The number of pyridine rings is 2. The summed E-state index contributed by atoms with van der Waals surface area (Å²) in [6.45, 7) is 11.7. The van der Waals surface area contributed by atoms with E-state index in [4.69, 9.17) is 9.97 Å². The molecule has 1 aromatic carbocycles. The number of aryl methyl sites for hydroxylation is 4. The molecule has 0 amide bonds. The summed E-state index contributed by atoms with van der Waals surface area (Å²) in [4.78, 5) is 10.8. The van der Waals surface area contributed by atoms with Crippen molar-refractivity contribution in [1.29, 1.82) is 0 Å². The van der Waals surface area contributed by atoms with E-state index in [0.29, 0.717) is 0 Å². The smallest absolute Gasteiger partial charge is 0.0973 e. The summed E-state index contributed by atoms with van der Waals surface area (Å²) in [7, 11) is 0. The third kappa shape index (κ3) is 10.8. The Bertz CT molecular complexity index is 1210. The number of rotatable bonds is 25. The van der Waals surface area contributed by atoms with Gasteiger partial charge in [0.25, 0.3) is 0 Å². The van der Waals surface area contributed by atoms with Crippen LogP contribution >= 0.6 is 0 Å². The van der Waals surface area contributed by atoms with Crippen LogP contribution in [0.25, 0.3) is 21.8 Å². The minimum absolute atomic E-state index is 1.12. The van der Waals surface area contributed by atoms with Crippen molar-refractivity contribution < 1.29 is 0 Å². The Balaban J connectivity index is 2.29. The average molecular weight is 601 g/mol. The van der Waals surface area contributed by atoms with E-state index in [-0.39, 0.29) is 0 Å². The van der Waals surface area contributed by atoms with E-state index >= 15 is 0 Å². The molecule has 0 saturated carbocycles. The molecule has 0 fully saturated rings. The monoisotopic (exact) mass is 601 g/mol. The Labute approximate surface area is 272 Å². The van der Waals surface area contributed by atoms with Gasteiger partial charge < -0.3 is 0 Å². The zero-order valence-electron chi connectivity index (χ0n) is 29.8. The summed E-state index contributed by atoms with van der Waals surface area (Å²) >= 11 is 0. The third-order valence-corrected chi connectivity index (χ3v) is 9.91. The molecule has 0 aliphatic carbocycles. The Kier molecular flexibility index (Phi) is 18.0. The van der Waals surface area contributed by atoms with Crippen molar-refractivity contribution in [1.82, 2.24) is 9.97 Å². The first-order valence-electron chi connectivity index (χ1n) is 19.4. The summed E-state index contributed by atoms with van der Waals surface area (Å²) in [5, 5.41) is 2.93. The van der Waals surface area contributed by atoms with Crippen LogP contribution in [0.1, 0.15) is 191 Å². The van der Waals surface area contributed by atoms with Gasteiger partial charge >= 0.3 is 0 Å². The van der Waals surface area contributed by atoms with Gasteiger partial charge in [0.2, 0.25) is 0 Å². The van der Waals surface area contributed by atoms with E-state index in [9.17, 15) is 0 Å². The summed E-state index contributed by atoms with van der Waals surface area (Å²) < 4.78 is 0. The number of benzene rings is 1. The number of hydrogen-bond donors (Lipinski definition) is 0. The predicted molar refractivity (Wildman–Crippen MR) is 196 cm³/mol. The zero-order valence-corrected chi connectivity index (χ0v) is 29.8. The molecule has 0 atom stereocenters. The van der Waals surface area contributed by atoms with Crippen molar-refractivity contribution >= 4 is 21.8 Å². The van der Waals surface area contributed by atoms with Crippen molar-refractivity contribution in [3.63, 3.8) is 0 Å². The molecule has 0 bridgehead atoms. The molecule has 0 saturated heterocycles. The second kappa shape index (κ2) is 21.7. The predicted octanol–water partition coefficient (Wildman–Crippen LogP) is 13.4. The van der Waals surface area contributed by atoms with Crippen LogP contribution in [0.15, 0.2) is 18.3 Å². The van der Waals surface area contributed by atoms with Crippen LogP contribution in [0.5, 0.6) is 0 Å². The van der Waals surface area contributed by atoms with Crippen molar-refractivity contribution in [2.75, 3.05) is 0 Å². The molecule has 3 aromatic rings. The standard InChI is InChI=1S/C42H68N2/c1-6-11-16-21-27-34-36(29-23-18-13-8-3)40-37(30-24-19-14-9-4)35(28-22-17-12-7-2)39(32-25-20-15-10-5)44-42(40)41-38(34)31-26-33-43-41/h26,31,33H,6-25,27-30,32H2,1-5H3. The third-order valence-electron chi connectivity index (χ3n) is 9.91. The first-order valence-corrected chi connectivity index (χ1v) is 19.4. The van der Waals surface area contributed by atoms with Crippen LogP contribution in [0.2, 0.25) is 0 Å². The molecular weight excluding hydrogens is 532 g/mol. The maximum atomic E-state index is 5.70. The van der Waals surface area contributed by atoms with E-state index in [2.05, 4.69) is 46.8 Å². The zero-order chi connectivity index (χ0) is 31.4. The lowest BCUT2D eigenvalue weighted by atomic mass is 9.83. The molecule has 2 heteroatoms. The SMILES string of the molecule is CCCCCCc1nc2c(c(CCCCCC)c1CCCCCC)c(CCCCCC)c(CCCCCC)c1cccnc12. The van der Waals surface area contributed by atoms with Crippen LogP contribution in [0.3, 0.4) is 0 Å². The normalized spacial score (nSPS) is 11.8. The maximum Gasteiger partial charge on any atom is 0.0973 e. The molecule has 2 aromatic heterocycles. The molecule has 0 aliphatic heterocycles. The summed E-state index contributed by atoms with van der Waals surface area (Å²) in [5.74, 6) is 0.